The summed E-state index contributed by atoms with van der Waals surface area (Å²) < 4.78 is 0. The van der Waals surface area contributed by atoms with Crippen LogP contribution in [-0.2, 0) is 5.75 Å². The number of hydrogen-bond donors (Lipinski definition) is 2. The summed E-state index contributed by atoms with van der Waals surface area (Å²) in [6, 6.07) is 18.3. The van der Waals surface area contributed by atoms with Crippen molar-refractivity contribution in [1.82, 2.24) is 15.0 Å². The Kier molecular flexibility index (Phi) is 5.50. The summed E-state index contributed by atoms with van der Waals surface area (Å²) >= 11 is 1.78. The Morgan fingerprint density at radius 1 is 1.04 bits per heavy atom. The number of nitrogens with zero attached hydrogens (tertiary/aromatic N) is 3. The Bertz CT molecular complexity index is 838. The lowest BCUT2D eigenvalue weighted by atomic mass is 10.2. The van der Waals surface area contributed by atoms with Gasteiger partial charge in [-0.05, 0) is 31.5 Å². The van der Waals surface area contributed by atoms with Gasteiger partial charge in [0.2, 0.25) is 11.9 Å². The van der Waals surface area contributed by atoms with Crippen LogP contribution in [0.15, 0.2) is 54.6 Å². The fraction of sp³-hybridized carbons (Fsp3) is 0.211. The van der Waals surface area contributed by atoms with E-state index in [4.69, 9.17) is 5.73 Å². The van der Waals surface area contributed by atoms with Gasteiger partial charge >= 0.3 is 0 Å². The van der Waals surface area contributed by atoms with E-state index in [-0.39, 0.29) is 11.2 Å². The minimum absolute atomic E-state index is 0.113. The van der Waals surface area contributed by atoms with Crippen molar-refractivity contribution in [3.05, 3.63) is 71.5 Å². The SMILES string of the molecule is Cc1cccc(CS[C@H](C)c2nc(N)nc(Nc3ccccc3)n2)c1. The third kappa shape index (κ3) is 4.93. The summed E-state index contributed by atoms with van der Waals surface area (Å²) in [5, 5.41) is 3.28. The minimum Gasteiger partial charge on any atom is -0.368 e. The molecule has 0 radical (unpaired) electrons. The molecule has 0 amide bonds. The number of thioether (sulfide) groups is 1. The van der Waals surface area contributed by atoms with Crippen LogP contribution >= 0.6 is 11.8 Å². The van der Waals surface area contributed by atoms with Crippen molar-refractivity contribution in [2.24, 2.45) is 0 Å². The molecule has 0 fully saturated rings. The quantitative estimate of drug-likeness (QED) is 0.681. The van der Waals surface area contributed by atoms with E-state index in [0.717, 1.165) is 11.4 Å². The van der Waals surface area contributed by atoms with Gasteiger partial charge in [-0.25, -0.2) is 0 Å². The molecule has 0 saturated carbocycles. The highest BCUT2D eigenvalue weighted by atomic mass is 32.2. The zero-order chi connectivity index (χ0) is 17.6. The fourth-order valence-electron chi connectivity index (χ4n) is 2.40. The predicted octanol–water partition coefficient (Wildman–Crippen LogP) is 4.50. The van der Waals surface area contributed by atoms with Crippen LogP contribution in [0.4, 0.5) is 17.6 Å². The van der Waals surface area contributed by atoms with E-state index in [1.807, 2.05) is 30.3 Å². The third-order valence-corrected chi connectivity index (χ3v) is 4.86. The number of para-hydroxylation sites is 1. The first-order chi connectivity index (χ1) is 12.1. The molecule has 0 spiro atoms. The van der Waals surface area contributed by atoms with E-state index in [1.54, 1.807) is 11.8 Å². The van der Waals surface area contributed by atoms with Crippen molar-refractivity contribution in [3.8, 4) is 0 Å². The summed E-state index contributed by atoms with van der Waals surface area (Å²) in [7, 11) is 0. The van der Waals surface area contributed by atoms with Crippen molar-refractivity contribution < 1.29 is 0 Å². The Morgan fingerprint density at radius 2 is 1.84 bits per heavy atom. The van der Waals surface area contributed by atoms with E-state index in [0.29, 0.717) is 11.8 Å². The Labute approximate surface area is 152 Å². The molecule has 0 aliphatic rings. The number of rotatable bonds is 6. The molecule has 3 rings (SSSR count). The Morgan fingerprint density at radius 3 is 2.60 bits per heavy atom. The van der Waals surface area contributed by atoms with Gasteiger partial charge in [0, 0.05) is 11.4 Å². The molecule has 0 saturated heterocycles. The number of aromatic nitrogens is 3. The Balaban J connectivity index is 1.70. The zero-order valence-corrected chi connectivity index (χ0v) is 15.1. The molecule has 5 nitrogen and oxygen atoms in total. The second-order valence-corrected chi connectivity index (χ2v) is 7.14. The number of aryl methyl sites for hydroxylation is 1. The molecule has 128 valence electrons. The first-order valence-corrected chi connectivity index (χ1v) is 9.16. The maximum absolute atomic E-state index is 5.87. The monoisotopic (exact) mass is 351 g/mol. The topological polar surface area (TPSA) is 76.7 Å². The van der Waals surface area contributed by atoms with Gasteiger partial charge in [0.15, 0.2) is 0 Å². The van der Waals surface area contributed by atoms with Crippen LogP contribution < -0.4 is 11.1 Å². The van der Waals surface area contributed by atoms with Crippen LogP contribution in [0.2, 0.25) is 0 Å². The first kappa shape index (κ1) is 17.2. The molecule has 0 unspecified atom stereocenters. The number of nitrogens with one attached hydrogen (secondary N) is 1. The number of benzene rings is 2. The average molecular weight is 351 g/mol. The molecule has 1 heterocycles. The maximum atomic E-state index is 5.87. The van der Waals surface area contributed by atoms with Gasteiger partial charge < -0.3 is 11.1 Å². The van der Waals surface area contributed by atoms with E-state index in [9.17, 15) is 0 Å². The molecule has 1 atom stereocenters. The van der Waals surface area contributed by atoms with Gasteiger partial charge in [-0.2, -0.15) is 15.0 Å². The van der Waals surface area contributed by atoms with Crippen LogP contribution in [0.25, 0.3) is 0 Å². The molecule has 3 aromatic rings. The number of nitrogens with two attached hydrogens (primary N) is 1. The van der Waals surface area contributed by atoms with Gasteiger partial charge in [-0.3, -0.25) is 0 Å². The van der Waals surface area contributed by atoms with Crippen LogP contribution in [-0.4, -0.2) is 15.0 Å². The van der Waals surface area contributed by atoms with E-state index < -0.39 is 0 Å². The lowest BCUT2D eigenvalue weighted by Gasteiger charge is -2.12. The summed E-state index contributed by atoms with van der Waals surface area (Å²) in [5.41, 5.74) is 9.34. The molecular formula is C19H21N5S. The van der Waals surface area contributed by atoms with Gasteiger partial charge in [0.1, 0.15) is 5.82 Å². The number of nitrogen functional groups attached to an aromatic ring is 1. The second kappa shape index (κ2) is 7.98. The highest BCUT2D eigenvalue weighted by Crippen LogP contribution is 2.30. The molecule has 0 aliphatic carbocycles. The van der Waals surface area contributed by atoms with E-state index in [1.165, 1.54) is 11.1 Å². The van der Waals surface area contributed by atoms with Crippen molar-refractivity contribution in [2.45, 2.75) is 24.9 Å². The van der Waals surface area contributed by atoms with Gasteiger partial charge in [0.25, 0.3) is 0 Å². The number of anilines is 3. The van der Waals surface area contributed by atoms with E-state index >= 15 is 0 Å². The van der Waals surface area contributed by atoms with Gasteiger partial charge in [0.05, 0.1) is 5.25 Å². The van der Waals surface area contributed by atoms with Gasteiger partial charge in [-0.1, -0.05) is 48.0 Å². The molecule has 6 heteroatoms. The summed E-state index contributed by atoms with van der Waals surface area (Å²) in [4.78, 5) is 13.0. The highest BCUT2D eigenvalue weighted by Gasteiger charge is 2.13. The lowest BCUT2D eigenvalue weighted by molar-refractivity contribution is 0.896. The van der Waals surface area contributed by atoms with Crippen molar-refractivity contribution in [3.63, 3.8) is 0 Å². The van der Waals surface area contributed by atoms with Crippen LogP contribution in [0.3, 0.4) is 0 Å². The summed E-state index contributed by atoms with van der Waals surface area (Å²) in [5.74, 6) is 2.28. The van der Waals surface area contributed by atoms with Crippen molar-refractivity contribution >= 4 is 29.3 Å². The normalized spacial score (nSPS) is 11.9. The number of hydrogen-bond acceptors (Lipinski definition) is 6. The maximum Gasteiger partial charge on any atom is 0.232 e. The largest absolute Gasteiger partial charge is 0.368 e. The molecule has 1 aromatic heterocycles. The molecule has 3 N–H and O–H groups in total. The predicted molar refractivity (Wildman–Crippen MR) is 105 cm³/mol. The first-order valence-electron chi connectivity index (χ1n) is 8.11. The summed E-state index contributed by atoms with van der Waals surface area (Å²) in [6.07, 6.45) is 0. The molecule has 0 aliphatic heterocycles. The van der Waals surface area contributed by atoms with Crippen molar-refractivity contribution in [2.75, 3.05) is 11.1 Å². The minimum atomic E-state index is 0.113. The van der Waals surface area contributed by atoms with Crippen LogP contribution in [0.1, 0.15) is 29.1 Å². The second-order valence-electron chi connectivity index (χ2n) is 5.81. The standard InChI is InChI=1S/C19H21N5S/c1-13-7-6-8-15(11-13)12-25-14(2)17-22-18(20)24-19(23-17)21-16-9-4-3-5-10-16/h3-11,14H,12H2,1-2H3,(H3,20,21,22,23,24)/t14-/m1/s1. The van der Waals surface area contributed by atoms with Crippen LogP contribution in [0, 0.1) is 6.92 Å². The Hall–Kier alpha value is -2.60. The molecule has 2 aromatic carbocycles. The third-order valence-electron chi connectivity index (χ3n) is 3.65. The van der Waals surface area contributed by atoms with Crippen molar-refractivity contribution in [1.29, 1.82) is 0 Å². The lowest BCUT2D eigenvalue weighted by Crippen LogP contribution is -2.08. The highest BCUT2D eigenvalue weighted by molar-refractivity contribution is 7.98. The zero-order valence-electron chi connectivity index (χ0n) is 14.3. The van der Waals surface area contributed by atoms with Gasteiger partial charge in [-0.15, -0.1) is 11.8 Å². The smallest absolute Gasteiger partial charge is 0.232 e. The molecule has 0 bridgehead atoms. The summed E-state index contributed by atoms with van der Waals surface area (Å²) in [6.45, 7) is 4.19. The fourth-order valence-corrected chi connectivity index (χ4v) is 3.27. The van der Waals surface area contributed by atoms with E-state index in [2.05, 4.69) is 58.4 Å². The molecule has 25 heavy (non-hydrogen) atoms. The molecular weight excluding hydrogens is 330 g/mol. The van der Waals surface area contributed by atoms with Crippen LogP contribution in [0.5, 0.6) is 0 Å². The average Bonchev–Trinajstić information content (AvgIpc) is 2.60.